The molecule has 0 saturated heterocycles. The van der Waals surface area contributed by atoms with E-state index in [2.05, 4.69) is 20.6 Å². The molecule has 3 N–H and O–H groups in total. The predicted octanol–water partition coefficient (Wildman–Crippen LogP) is 1.86. The molecule has 0 unspecified atom stereocenters. The molecule has 2 heterocycles. The zero-order chi connectivity index (χ0) is 16.2. The Labute approximate surface area is 131 Å². The number of aromatic amines is 1. The summed E-state index contributed by atoms with van der Waals surface area (Å²) in [5, 5.41) is 5.27. The lowest BCUT2D eigenvalue weighted by Crippen LogP contribution is -2.32. The van der Waals surface area contributed by atoms with E-state index in [1.54, 1.807) is 24.5 Å². The number of amides is 2. The highest BCUT2D eigenvalue weighted by Crippen LogP contribution is 2.11. The van der Waals surface area contributed by atoms with E-state index in [-0.39, 0.29) is 17.4 Å². The Morgan fingerprint density at radius 2 is 1.87 bits per heavy atom. The summed E-state index contributed by atoms with van der Waals surface area (Å²) in [4.78, 5) is 31.1. The number of H-pyrrole nitrogens is 1. The molecule has 3 rings (SSSR count). The van der Waals surface area contributed by atoms with E-state index in [4.69, 9.17) is 0 Å². The van der Waals surface area contributed by atoms with Crippen LogP contribution in [-0.4, -0.2) is 29.1 Å². The summed E-state index contributed by atoms with van der Waals surface area (Å²) >= 11 is 0. The number of carbonyl (C=O) groups excluding carboxylic acids is 2. The lowest BCUT2D eigenvalue weighted by atomic mass is 10.2. The number of nitrogens with one attached hydrogen (secondary N) is 3. The second-order valence-corrected chi connectivity index (χ2v) is 4.82. The van der Waals surface area contributed by atoms with E-state index in [1.807, 2.05) is 0 Å². The number of benzene rings is 1. The average molecular weight is 312 g/mol. The summed E-state index contributed by atoms with van der Waals surface area (Å²) in [7, 11) is 0. The molecule has 1 aliphatic rings. The monoisotopic (exact) mass is 312 g/mol. The number of halogens is 1. The topological polar surface area (TPSA) is 86.3 Å². The molecule has 2 aromatic rings. The lowest BCUT2D eigenvalue weighted by Gasteiger charge is -2.09. The summed E-state index contributed by atoms with van der Waals surface area (Å²) < 4.78 is 12.9. The van der Waals surface area contributed by atoms with Crippen LogP contribution < -0.4 is 10.6 Å². The van der Waals surface area contributed by atoms with Gasteiger partial charge in [0.1, 0.15) is 11.5 Å². The Balaban J connectivity index is 1.67. The first-order valence-corrected chi connectivity index (χ1v) is 6.89. The maximum absolute atomic E-state index is 12.9. The second kappa shape index (κ2) is 6.27. The first-order valence-electron chi connectivity index (χ1n) is 6.89. The van der Waals surface area contributed by atoms with Gasteiger partial charge in [-0.1, -0.05) is 0 Å². The number of carbonyl (C=O) groups is 2. The third-order valence-electron chi connectivity index (χ3n) is 3.23. The molecular formula is C16H13FN4O2. The van der Waals surface area contributed by atoms with Gasteiger partial charge < -0.3 is 15.6 Å². The van der Waals surface area contributed by atoms with Gasteiger partial charge >= 0.3 is 0 Å². The molecule has 1 aromatic carbocycles. The predicted molar refractivity (Wildman–Crippen MR) is 83.7 cm³/mol. The molecule has 6 nitrogen and oxygen atoms in total. The van der Waals surface area contributed by atoms with E-state index in [0.717, 1.165) is 0 Å². The Kier molecular flexibility index (Phi) is 4.01. The van der Waals surface area contributed by atoms with Crippen LogP contribution in [0.4, 0.5) is 10.1 Å². The van der Waals surface area contributed by atoms with Gasteiger partial charge in [-0.15, -0.1) is 0 Å². The third kappa shape index (κ3) is 3.34. The Hall–Kier alpha value is -3.22. The minimum atomic E-state index is -0.463. The van der Waals surface area contributed by atoms with Crippen molar-refractivity contribution in [2.24, 2.45) is 4.99 Å². The van der Waals surface area contributed by atoms with Crippen LogP contribution in [0.2, 0.25) is 0 Å². The van der Waals surface area contributed by atoms with Crippen LogP contribution in [0.15, 0.2) is 59.5 Å². The quantitative estimate of drug-likeness (QED) is 0.805. The molecule has 1 aromatic heterocycles. The number of hydrogen-bond donors (Lipinski definition) is 3. The van der Waals surface area contributed by atoms with Crippen LogP contribution in [0.25, 0.3) is 0 Å². The first-order chi connectivity index (χ1) is 11.1. The van der Waals surface area contributed by atoms with E-state index >= 15 is 0 Å². The molecule has 116 valence electrons. The average Bonchev–Trinajstić information content (AvgIpc) is 3.20. The van der Waals surface area contributed by atoms with Crippen LogP contribution in [0.3, 0.4) is 0 Å². The van der Waals surface area contributed by atoms with Gasteiger partial charge in [0.15, 0.2) is 0 Å². The highest BCUT2D eigenvalue weighted by molar-refractivity contribution is 6.49. The number of aromatic nitrogens is 1. The highest BCUT2D eigenvalue weighted by Gasteiger charge is 2.22. The zero-order valence-corrected chi connectivity index (χ0v) is 12.0. The molecule has 0 aliphatic carbocycles. The van der Waals surface area contributed by atoms with Gasteiger partial charge in [0, 0.05) is 18.1 Å². The van der Waals surface area contributed by atoms with Gasteiger partial charge in [0.25, 0.3) is 11.8 Å². The van der Waals surface area contributed by atoms with Gasteiger partial charge in [-0.05, 0) is 36.4 Å². The maximum Gasteiger partial charge on any atom is 0.275 e. The number of rotatable bonds is 4. The summed E-state index contributed by atoms with van der Waals surface area (Å²) in [6.45, 7) is 0.314. The Morgan fingerprint density at radius 3 is 2.57 bits per heavy atom. The van der Waals surface area contributed by atoms with Crippen LogP contribution in [-0.2, 0) is 4.79 Å². The fraction of sp³-hybridized carbons (Fsp3) is 0.0625. The van der Waals surface area contributed by atoms with Gasteiger partial charge in [-0.3, -0.25) is 14.6 Å². The van der Waals surface area contributed by atoms with Crippen molar-refractivity contribution in [2.45, 2.75) is 0 Å². The second-order valence-electron chi connectivity index (χ2n) is 4.82. The molecule has 0 atom stereocenters. The third-order valence-corrected chi connectivity index (χ3v) is 3.23. The fourth-order valence-corrected chi connectivity index (χ4v) is 2.10. The molecule has 0 bridgehead atoms. The SMILES string of the molecule is O=C(Nc1ccc(F)cc1)C1=NCC=C1NC(=O)c1cc[nH]c1. The molecule has 0 spiro atoms. The molecule has 7 heteroatoms. The van der Waals surface area contributed by atoms with Crippen molar-refractivity contribution >= 4 is 23.2 Å². The number of nitrogens with zero attached hydrogens (tertiary/aromatic N) is 1. The lowest BCUT2D eigenvalue weighted by molar-refractivity contribution is -0.110. The van der Waals surface area contributed by atoms with Crippen LogP contribution >= 0.6 is 0 Å². The van der Waals surface area contributed by atoms with Crippen LogP contribution in [0, 0.1) is 5.82 Å². The van der Waals surface area contributed by atoms with Crippen molar-refractivity contribution in [3.05, 3.63) is 65.9 Å². The van der Waals surface area contributed by atoms with E-state index in [1.165, 1.54) is 24.3 Å². The molecular weight excluding hydrogens is 299 g/mol. The van der Waals surface area contributed by atoms with E-state index < -0.39 is 5.91 Å². The minimum Gasteiger partial charge on any atom is -0.367 e. The van der Waals surface area contributed by atoms with Crippen LogP contribution in [0.5, 0.6) is 0 Å². The summed E-state index contributed by atoms with van der Waals surface area (Å²) in [6.07, 6.45) is 4.85. The number of hydrogen-bond acceptors (Lipinski definition) is 3. The molecule has 0 saturated carbocycles. The first kappa shape index (κ1) is 14.7. The smallest absolute Gasteiger partial charge is 0.275 e. The molecule has 1 aliphatic heterocycles. The molecule has 2 amide bonds. The normalized spacial score (nSPS) is 13.3. The van der Waals surface area contributed by atoms with Gasteiger partial charge in [0.05, 0.1) is 17.8 Å². The van der Waals surface area contributed by atoms with Crippen molar-refractivity contribution < 1.29 is 14.0 Å². The van der Waals surface area contributed by atoms with E-state index in [0.29, 0.717) is 23.5 Å². The van der Waals surface area contributed by atoms with E-state index in [9.17, 15) is 14.0 Å². The number of anilines is 1. The van der Waals surface area contributed by atoms with Crippen molar-refractivity contribution in [3.8, 4) is 0 Å². The van der Waals surface area contributed by atoms with Gasteiger partial charge in [-0.2, -0.15) is 0 Å². The molecule has 0 fully saturated rings. The standard InChI is InChI=1S/C16H13FN4O2/c17-11-1-3-12(4-2-11)20-16(23)14-13(6-8-19-14)21-15(22)10-5-7-18-9-10/h1-7,9,18H,8H2,(H,20,23)(H,21,22). The fourth-order valence-electron chi connectivity index (χ4n) is 2.10. The summed E-state index contributed by atoms with van der Waals surface area (Å²) in [5.41, 5.74) is 1.40. The Morgan fingerprint density at radius 1 is 1.09 bits per heavy atom. The highest BCUT2D eigenvalue weighted by atomic mass is 19.1. The van der Waals surface area contributed by atoms with Crippen molar-refractivity contribution in [3.63, 3.8) is 0 Å². The summed E-state index contributed by atoms with van der Waals surface area (Å²) in [5.74, 6) is -1.18. The Bertz CT molecular complexity index is 792. The summed E-state index contributed by atoms with van der Waals surface area (Å²) in [6, 6.07) is 7.02. The van der Waals surface area contributed by atoms with Crippen molar-refractivity contribution in [1.29, 1.82) is 0 Å². The number of aliphatic imine (C=N–C) groups is 1. The van der Waals surface area contributed by atoms with Crippen molar-refractivity contribution in [1.82, 2.24) is 10.3 Å². The molecule has 0 radical (unpaired) electrons. The van der Waals surface area contributed by atoms with Gasteiger partial charge in [-0.25, -0.2) is 4.39 Å². The van der Waals surface area contributed by atoms with Gasteiger partial charge in [0.2, 0.25) is 0 Å². The maximum atomic E-state index is 12.9. The minimum absolute atomic E-state index is 0.137. The van der Waals surface area contributed by atoms with Crippen LogP contribution in [0.1, 0.15) is 10.4 Å². The van der Waals surface area contributed by atoms with Crippen molar-refractivity contribution in [2.75, 3.05) is 11.9 Å². The zero-order valence-electron chi connectivity index (χ0n) is 12.0. The molecule has 23 heavy (non-hydrogen) atoms. The largest absolute Gasteiger partial charge is 0.367 e.